The first-order valence-corrected chi connectivity index (χ1v) is 26.2. The number of aromatic nitrogens is 3. The van der Waals surface area contributed by atoms with Crippen molar-refractivity contribution in [3.05, 3.63) is 168 Å². The van der Waals surface area contributed by atoms with Gasteiger partial charge >= 0.3 is 110 Å². The molecule has 0 amide bonds. The molecule has 57 heavy (non-hydrogen) atoms. The summed E-state index contributed by atoms with van der Waals surface area (Å²) in [6, 6.07) is 49.6. The molecule has 4 nitrogen and oxygen atoms in total. The number of nitrogens with zero attached hydrogens (tertiary/aromatic N) is 3. The molecule has 1 radical (unpaired) electrons. The van der Waals surface area contributed by atoms with Gasteiger partial charge < -0.3 is 8.98 Å². The average Bonchev–Trinajstić information content (AvgIpc) is 3.81. The zero-order chi connectivity index (χ0) is 44.2. The molecule has 287 valence electrons. The van der Waals surface area contributed by atoms with Crippen LogP contribution in [0.5, 0.6) is 0 Å². The van der Waals surface area contributed by atoms with Gasteiger partial charge in [-0.25, -0.2) is 0 Å². The van der Waals surface area contributed by atoms with E-state index in [2.05, 4.69) is 114 Å². The molecule has 0 atom stereocenters. The number of fused-ring (bicyclic) bond motifs is 4. The van der Waals surface area contributed by atoms with Crippen LogP contribution >= 0.6 is 0 Å². The third kappa shape index (κ3) is 8.34. The van der Waals surface area contributed by atoms with Crippen LogP contribution in [0.3, 0.4) is 0 Å². The quantitative estimate of drug-likeness (QED) is 0.127. The van der Waals surface area contributed by atoms with Crippen LogP contribution < -0.4 is 4.40 Å². The number of hydrogen-bond acceptors (Lipinski definition) is 3. The largest absolute Gasteiger partial charge is 0.500 e. The van der Waals surface area contributed by atoms with E-state index >= 15 is 0 Å². The van der Waals surface area contributed by atoms with Gasteiger partial charge in [0.05, 0.1) is 22.4 Å². The van der Waals surface area contributed by atoms with Gasteiger partial charge in [-0.1, -0.05) is 86.3 Å². The van der Waals surface area contributed by atoms with E-state index in [0.29, 0.717) is 16.7 Å². The third-order valence-electron chi connectivity index (χ3n) is 10.1. The minimum atomic E-state index is -2.20. The monoisotopic (exact) mass is 990 g/mol. The van der Waals surface area contributed by atoms with Crippen LogP contribution in [0.1, 0.15) is 45.7 Å². The maximum absolute atomic E-state index is 7.89. The average molecular weight is 989 g/mol. The van der Waals surface area contributed by atoms with Crippen molar-refractivity contribution in [2.24, 2.45) is 0 Å². The van der Waals surface area contributed by atoms with Gasteiger partial charge in [0.2, 0.25) is 0 Å². The zero-order valence-corrected chi connectivity index (χ0v) is 37.4. The Morgan fingerprint density at radius 3 is 2.12 bits per heavy atom. The Hall–Kier alpha value is -5.07. The van der Waals surface area contributed by atoms with Crippen molar-refractivity contribution in [1.29, 1.82) is 0 Å². The van der Waals surface area contributed by atoms with Crippen LogP contribution in [0.15, 0.2) is 144 Å². The number of para-hydroxylation sites is 2. The number of rotatable bonds is 5. The molecule has 3 aromatic heterocycles. The predicted octanol–water partition coefficient (Wildman–Crippen LogP) is 13.1. The molecule has 6 aromatic carbocycles. The summed E-state index contributed by atoms with van der Waals surface area (Å²) in [5.74, 6) is 7.74. The summed E-state index contributed by atoms with van der Waals surface area (Å²) >= 11 is -1.83. The fraction of sp³-hybridized carbons (Fsp3) is 0.176. The summed E-state index contributed by atoms with van der Waals surface area (Å²) in [4.78, 5) is 9.58. The van der Waals surface area contributed by atoms with Crippen molar-refractivity contribution < 1.29 is 32.7 Å². The van der Waals surface area contributed by atoms with Crippen LogP contribution in [0.2, 0.25) is 17.3 Å². The Balaban J connectivity index is 0.000000239. The Kier molecular flexibility index (Phi) is 9.28. The molecule has 9 rings (SSSR count). The Morgan fingerprint density at radius 2 is 1.42 bits per heavy atom. The number of furan rings is 1. The van der Waals surface area contributed by atoms with Crippen LogP contribution in [-0.2, 0) is 25.5 Å². The summed E-state index contributed by atoms with van der Waals surface area (Å²) in [6.45, 7) is 2.42. The second kappa shape index (κ2) is 16.1. The van der Waals surface area contributed by atoms with Gasteiger partial charge in [-0.3, -0.25) is 4.98 Å². The van der Waals surface area contributed by atoms with Gasteiger partial charge in [-0.15, -0.1) is 23.8 Å². The Morgan fingerprint density at radius 1 is 0.684 bits per heavy atom. The Bertz CT molecular complexity index is 3000. The second-order valence-corrected chi connectivity index (χ2v) is 26.9. The minimum absolute atomic E-state index is 0. The van der Waals surface area contributed by atoms with Crippen molar-refractivity contribution in [2.45, 2.75) is 57.2 Å². The summed E-state index contributed by atoms with van der Waals surface area (Å²) in [7, 11) is 0. The molecule has 3 heterocycles. The molecule has 0 N–H and O–H groups in total. The van der Waals surface area contributed by atoms with Crippen molar-refractivity contribution in [1.82, 2.24) is 14.5 Å². The molecule has 0 aliphatic carbocycles. The smallest absolute Gasteiger partial charge is 0.120 e. The van der Waals surface area contributed by atoms with Crippen LogP contribution in [-0.4, -0.2) is 27.8 Å². The number of hydrogen-bond donors (Lipinski definition) is 0. The van der Waals surface area contributed by atoms with E-state index in [4.69, 9.17) is 17.6 Å². The molecule has 6 heteroatoms. The van der Waals surface area contributed by atoms with Crippen molar-refractivity contribution >= 4 is 50.6 Å². The van der Waals surface area contributed by atoms with E-state index in [-0.39, 0.29) is 31.1 Å². The molecule has 0 unspecified atom stereocenters. The molecule has 0 bridgehead atoms. The summed E-state index contributed by atoms with van der Waals surface area (Å²) in [5, 5.41) is 1.60. The van der Waals surface area contributed by atoms with Crippen LogP contribution in [0.4, 0.5) is 0 Å². The second-order valence-electron chi connectivity index (χ2n) is 16.2. The zero-order valence-electron chi connectivity index (χ0n) is 38.9. The van der Waals surface area contributed by atoms with E-state index in [1.807, 2.05) is 48.7 Å². The van der Waals surface area contributed by atoms with Gasteiger partial charge in [-0.05, 0) is 65.4 Å². The Labute approximate surface area is 361 Å². The number of benzene rings is 6. The number of imidazole rings is 1. The summed E-state index contributed by atoms with van der Waals surface area (Å²) in [6.07, 6.45) is 1.95. The molecular formula is C51H47GeIrN3O-2. The van der Waals surface area contributed by atoms with Gasteiger partial charge in [-0.2, -0.15) is 0 Å². The molecule has 0 saturated carbocycles. The molecule has 0 aliphatic rings. The normalized spacial score (nSPS) is 13.7. The van der Waals surface area contributed by atoms with E-state index in [1.165, 1.54) is 21.6 Å². The molecule has 0 fully saturated rings. The van der Waals surface area contributed by atoms with Gasteiger partial charge in [0.25, 0.3) is 0 Å². The first kappa shape index (κ1) is 33.0. The van der Waals surface area contributed by atoms with Crippen molar-refractivity contribution in [3.8, 4) is 39.5 Å². The maximum Gasteiger partial charge on any atom is 0.120 e. The topological polar surface area (TPSA) is 43.9 Å². The van der Waals surface area contributed by atoms with Gasteiger partial charge in [0, 0.05) is 35.3 Å². The first-order valence-electron chi connectivity index (χ1n) is 21.8. The van der Waals surface area contributed by atoms with Crippen LogP contribution in [0.25, 0.3) is 72.4 Å². The molecular weight excluding hydrogens is 935 g/mol. The SMILES string of the molecule is [2H]C([2H])([2H])c1c[c-]c(-c2cc[c]([Ge]([CH3])([CH3])[CH3])cn2)cc1.[2H]C([2H])([2H])c1ccc2oc3c[c-]c(-c4nc5ccccc5n4-c4ccc(-c5ccccc5)cc4C(C)(C)C)cc3c2c1.[Ir]. The van der Waals surface area contributed by atoms with Crippen molar-refractivity contribution in [2.75, 3.05) is 0 Å². The summed E-state index contributed by atoms with van der Waals surface area (Å²) < 4.78 is 55.4. The minimum Gasteiger partial charge on any atom is -0.500 e. The standard InChI is InChI=1S/C36H29N2O.C15H18GeN.Ir/c1-23-14-18-33-27(20-23)28-21-26(16-19-34(28)39-33)35-37-30-12-8-9-13-32(30)38(35)31-17-15-25(22-29(31)36(2,3)4)24-10-6-5-7-11-24;1-12-5-7-13(8-6-12)15-10-9-14(11-17-15)16(2,3)4;/h5-15,17-22H,1-4H3;5-7,9-11H,1-4H3;/q2*-1;/i2*1D3;. The number of aryl methyl sites for hydroxylation is 2. The number of pyridine rings is 1. The summed E-state index contributed by atoms with van der Waals surface area (Å²) in [5.41, 5.74) is 10.7. The fourth-order valence-corrected chi connectivity index (χ4v) is 9.20. The van der Waals surface area contributed by atoms with Crippen molar-refractivity contribution in [3.63, 3.8) is 0 Å². The third-order valence-corrected chi connectivity index (χ3v) is 14.3. The molecule has 0 aliphatic heterocycles. The molecule has 0 spiro atoms. The fourth-order valence-electron chi connectivity index (χ4n) is 7.02. The van der Waals surface area contributed by atoms with Crippen LogP contribution in [0, 0.1) is 25.8 Å². The van der Waals surface area contributed by atoms with E-state index in [1.54, 1.807) is 30.3 Å². The molecule has 9 aromatic rings. The molecule has 0 saturated heterocycles. The van der Waals surface area contributed by atoms with Gasteiger partial charge in [0.1, 0.15) is 5.58 Å². The first-order chi connectivity index (χ1) is 29.3. The van der Waals surface area contributed by atoms with E-state index in [0.717, 1.165) is 55.7 Å². The van der Waals surface area contributed by atoms with Gasteiger partial charge in [0.15, 0.2) is 0 Å². The maximum atomic E-state index is 7.89. The van der Waals surface area contributed by atoms with E-state index < -0.39 is 27.0 Å². The predicted molar refractivity (Wildman–Crippen MR) is 238 cm³/mol. The van der Waals surface area contributed by atoms with E-state index in [9.17, 15) is 0 Å².